The van der Waals surface area contributed by atoms with E-state index in [0.29, 0.717) is 11.5 Å². The summed E-state index contributed by atoms with van der Waals surface area (Å²) in [5.74, 6) is 0.552. The van der Waals surface area contributed by atoms with Gasteiger partial charge in [-0.3, -0.25) is 15.1 Å². The third-order valence-corrected chi connectivity index (χ3v) is 4.54. The number of oxazole rings is 1. The Morgan fingerprint density at radius 2 is 1.83 bits per heavy atom. The highest BCUT2D eigenvalue weighted by molar-refractivity contribution is 5.83. The molecule has 142 valence electrons. The Bertz CT molecular complexity index is 1220. The third kappa shape index (κ3) is 3.82. The minimum Gasteiger partial charge on any atom is -0.436 e. The van der Waals surface area contributed by atoms with Gasteiger partial charge in [0.2, 0.25) is 5.89 Å². The second kappa shape index (κ2) is 7.90. The summed E-state index contributed by atoms with van der Waals surface area (Å²) in [4.78, 5) is 19.7. The lowest BCUT2D eigenvalue weighted by molar-refractivity contribution is -0.385. The number of hydrogen-bond donors (Lipinski definition) is 0. The summed E-state index contributed by atoms with van der Waals surface area (Å²) in [7, 11) is 0. The predicted octanol–water partition coefficient (Wildman–Crippen LogP) is 6.13. The number of aliphatic imine (C=N–C) groups is 1. The van der Waals surface area contributed by atoms with Crippen molar-refractivity contribution in [2.45, 2.75) is 6.92 Å². The smallest absolute Gasteiger partial charge is 0.276 e. The number of rotatable bonds is 5. The van der Waals surface area contributed by atoms with Crippen LogP contribution in [0.15, 0.2) is 82.2 Å². The van der Waals surface area contributed by atoms with E-state index in [1.54, 1.807) is 36.6 Å². The van der Waals surface area contributed by atoms with Crippen molar-refractivity contribution in [3.05, 3.63) is 94.0 Å². The predicted molar refractivity (Wildman–Crippen MR) is 114 cm³/mol. The van der Waals surface area contributed by atoms with Gasteiger partial charge in [-0.25, -0.2) is 4.98 Å². The molecule has 3 aromatic carbocycles. The van der Waals surface area contributed by atoms with Gasteiger partial charge in [-0.2, -0.15) is 0 Å². The first-order valence-corrected chi connectivity index (χ1v) is 9.03. The number of benzene rings is 3. The molecule has 29 heavy (non-hydrogen) atoms. The summed E-state index contributed by atoms with van der Waals surface area (Å²) < 4.78 is 5.87. The van der Waals surface area contributed by atoms with Crippen LogP contribution in [0.1, 0.15) is 11.1 Å². The first-order chi connectivity index (χ1) is 14.1. The number of aromatic nitrogens is 1. The van der Waals surface area contributed by atoms with Crippen molar-refractivity contribution in [2.24, 2.45) is 4.99 Å². The fourth-order valence-electron chi connectivity index (χ4n) is 3.05. The van der Waals surface area contributed by atoms with Gasteiger partial charge in [0.05, 0.1) is 16.2 Å². The molecule has 6 nitrogen and oxygen atoms in total. The number of hydrogen-bond acceptors (Lipinski definition) is 5. The standard InChI is InChI=1S/C23H17N3O3/c1-16-18(23-25-20-11-3-5-14-22(20)29-23)10-6-12-19(16)24-15-7-9-17-8-2-4-13-21(17)26(27)28/h2-15H,1H3. The maximum atomic E-state index is 11.1. The largest absolute Gasteiger partial charge is 0.436 e. The molecule has 0 spiro atoms. The summed E-state index contributed by atoms with van der Waals surface area (Å²) in [6.45, 7) is 1.96. The summed E-state index contributed by atoms with van der Waals surface area (Å²) >= 11 is 0. The van der Waals surface area contributed by atoms with Crippen LogP contribution < -0.4 is 0 Å². The average molecular weight is 383 g/mol. The van der Waals surface area contributed by atoms with E-state index >= 15 is 0 Å². The molecule has 0 unspecified atom stereocenters. The van der Waals surface area contributed by atoms with Gasteiger partial charge in [0, 0.05) is 17.8 Å². The quantitative estimate of drug-likeness (QED) is 0.236. The summed E-state index contributed by atoms with van der Waals surface area (Å²) in [5, 5.41) is 11.1. The number of para-hydroxylation sites is 3. The molecule has 0 saturated heterocycles. The molecule has 6 heteroatoms. The van der Waals surface area contributed by atoms with Gasteiger partial charge in [-0.15, -0.1) is 0 Å². The van der Waals surface area contributed by atoms with Crippen molar-refractivity contribution in [1.82, 2.24) is 4.98 Å². The molecule has 0 aliphatic carbocycles. The molecule has 0 aliphatic heterocycles. The zero-order valence-electron chi connectivity index (χ0n) is 15.6. The van der Waals surface area contributed by atoms with Crippen molar-refractivity contribution in [1.29, 1.82) is 0 Å². The van der Waals surface area contributed by atoms with Gasteiger partial charge in [0.15, 0.2) is 5.58 Å². The SMILES string of the molecule is Cc1c(N=CC=Cc2ccccc2[N+](=O)[O-])cccc1-c1nc2ccccc2o1. The molecular weight excluding hydrogens is 366 g/mol. The topological polar surface area (TPSA) is 81.5 Å². The molecule has 0 atom stereocenters. The number of fused-ring (bicyclic) bond motifs is 1. The first-order valence-electron chi connectivity index (χ1n) is 9.03. The fraction of sp³-hybridized carbons (Fsp3) is 0.0435. The van der Waals surface area contributed by atoms with E-state index in [1.807, 2.05) is 49.4 Å². The van der Waals surface area contributed by atoms with Crippen LogP contribution in [0.3, 0.4) is 0 Å². The second-order valence-electron chi connectivity index (χ2n) is 6.39. The minimum absolute atomic E-state index is 0.0614. The van der Waals surface area contributed by atoms with Crippen LogP contribution in [0.25, 0.3) is 28.6 Å². The van der Waals surface area contributed by atoms with Gasteiger partial charge in [-0.05, 0) is 55.0 Å². The van der Waals surface area contributed by atoms with Crippen LogP contribution in [-0.4, -0.2) is 16.1 Å². The van der Waals surface area contributed by atoms with Crippen molar-refractivity contribution >= 4 is 34.8 Å². The van der Waals surface area contributed by atoms with Gasteiger partial charge in [0.1, 0.15) is 5.52 Å². The van der Waals surface area contributed by atoms with Crippen LogP contribution in [0.4, 0.5) is 11.4 Å². The lowest BCUT2D eigenvalue weighted by Crippen LogP contribution is -1.90. The molecule has 0 aliphatic rings. The van der Waals surface area contributed by atoms with Crippen LogP contribution in [0.5, 0.6) is 0 Å². The van der Waals surface area contributed by atoms with Crippen molar-refractivity contribution < 1.29 is 9.34 Å². The second-order valence-corrected chi connectivity index (χ2v) is 6.39. The Hall–Kier alpha value is -4.06. The minimum atomic E-state index is -0.398. The maximum Gasteiger partial charge on any atom is 0.276 e. The van der Waals surface area contributed by atoms with E-state index in [9.17, 15) is 10.1 Å². The molecule has 1 aromatic heterocycles. The Balaban J connectivity index is 1.60. The van der Waals surface area contributed by atoms with E-state index < -0.39 is 4.92 Å². The van der Waals surface area contributed by atoms with E-state index in [-0.39, 0.29) is 5.69 Å². The highest BCUT2D eigenvalue weighted by Crippen LogP contribution is 2.31. The lowest BCUT2D eigenvalue weighted by Gasteiger charge is -2.04. The van der Waals surface area contributed by atoms with Gasteiger partial charge < -0.3 is 4.42 Å². The molecule has 4 aromatic rings. The van der Waals surface area contributed by atoms with Crippen molar-refractivity contribution in [2.75, 3.05) is 0 Å². The number of nitro benzene ring substituents is 1. The zero-order valence-corrected chi connectivity index (χ0v) is 15.6. The summed E-state index contributed by atoms with van der Waals surface area (Å²) in [6, 6.07) is 20.0. The normalized spacial score (nSPS) is 11.6. The highest BCUT2D eigenvalue weighted by Gasteiger charge is 2.12. The average Bonchev–Trinajstić information content (AvgIpc) is 3.16. The number of nitro groups is 1. The fourth-order valence-corrected chi connectivity index (χ4v) is 3.05. The van der Waals surface area contributed by atoms with Gasteiger partial charge in [-0.1, -0.05) is 30.3 Å². The molecule has 4 rings (SSSR count). The molecular formula is C23H17N3O3. The maximum absolute atomic E-state index is 11.1. The van der Waals surface area contributed by atoms with Crippen LogP contribution in [0, 0.1) is 17.0 Å². The Morgan fingerprint density at radius 1 is 1.03 bits per heavy atom. The number of allylic oxidation sites excluding steroid dienone is 1. The summed E-state index contributed by atoms with van der Waals surface area (Å²) in [6.07, 6.45) is 4.98. The van der Waals surface area contributed by atoms with Gasteiger partial charge >= 0.3 is 0 Å². The van der Waals surface area contributed by atoms with Crippen LogP contribution in [0.2, 0.25) is 0 Å². The molecule has 0 bridgehead atoms. The Morgan fingerprint density at radius 3 is 2.66 bits per heavy atom. The molecule has 0 fully saturated rings. The monoisotopic (exact) mass is 383 g/mol. The summed E-state index contributed by atoms with van der Waals surface area (Å²) in [5.41, 5.74) is 4.73. The molecule has 1 heterocycles. The molecule has 0 N–H and O–H groups in total. The lowest BCUT2D eigenvalue weighted by atomic mass is 10.1. The van der Waals surface area contributed by atoms with E-state index in [1.165, 1.54) is 6.07 Å². The number of nitrogens with zero attached hydrogens (tertiary/aromatic N) is 3. The first kappa shape index (κ1) is 18.3. The van der Waals surface area contributed by atoms with Gasteiger partial charge in [0.25, 0.3) is 5.69 Å². The Kier molecular flexibility index (Phi) is 4.99. The van der Waals surface area contributed by atoms with E-state index in [0.717, 1.165) is 27.9 Å². The zero-order chi connectivity index (χ0) is 20.2. The van der Waals surface area contributed by atoms with E-state index in [2.05, 4.69) is 9.98 Å². The molecule has 0 radical (unpaired) electrons. The highest BCUT2D eigenvalue weighted by atomic mass is 16.6. The van der Waals surface area contributed by atoms with E-state index in [4.69, 9.17) is 4.42 Å². The Labute approximate surface area is 167 Å². The van der Waals surface area contributed by atoms with Crippen molar-refractivity contribution in [3.63, 3.8) is 0 Å². The van der Waals surface area contributed by atoms with Crippen LogP contribution in [-0.2, 0) is 0 Å². The third-order valence-electron chi connectivity index (χ3n) is 4.54. The molecule has 0 saturated carbocycles. The molecule has 0 amide bonds. The van der Waals surface area contributed by atoms with Crippen molar-refractivity contribution in [3.8, 4) is 11.5 Å². The van der Waals surface area contributed by atoms with Crippen LogP contribution >= 0.6 is 0 Å².